The minimum atomic E-state index is -1.79. The third-order valence-electron chi connectivity index (χ3n) is 4.02. The molecule has 24 heavy (non-hydrogen) atoms. The topological polar surface area (TPSA) is 0 Å². The van der Waals surface area contributed by atoms with Gasteiger partial charge in [0.15, 0.2) is 21.5 Å². The summed E-state index contributed by atoms with van der Waals surface area (Å²) in [6.07, 6.45) is 0.935. The molecular formula is C22H21BrP+. The van der Waals surface area contributed by atoms with Crippen molar-refractivity contribution < 1.29 is 0 Å². The number of hydrogen-bond donors (Lipinski definition) is 0. The normalized spacial score (nSPS) is 11.2. The lowest BCUT2D eigenvalue weighted by molar-refractivity contribution is 1.16. The molecule has 2 heteroatoms. The first kappa shape index (κ1) is 17.1. The Morgan fingerprint density at radius 1 is 0.750 bits per heavy atom. The maximum absolute atomic E-state index is 4.18. The van der Waals surface area contributed by atoms with Crippen molar-refractivity contribution >= 4 is 37.4 Å². The molecule has 0 fully saturated rings. The molecule has 3 rings (SSSR count). The van der Waals surface area contributed by atoms with Crippen LogP contribution >= 0.6 is 21.5 Å². The van der Waals surface area contributed by atoms with E-state index in [1.165, 1.54) is 27.1 Å². The van der Waals surface area contributed by atoms with Gasteiger partial charge >= 0.3 is 0 Å². The molecule has 0 nitrogen and oxygen atoms in total. The van der Waals surface area contributed by atoms with Crippen LogP contribution in [-0.2, 0) is 6.42 Å². The molecule has 0 N–H and O–H groups in total. The molecular weight excluding hydrogens is 375 g/mol. The molecule has 0 amide bonds. The summed E-state index contributed by atoms with van der Waals surface area (Å²) in [7, 11) is 0. The Bertz CT molecular complexity index is 768. The minimum Gasteiger partial charge on any atom is -0.0998 e. The highest BCUT2D eigenvalue weighted by atomic mass is 79.9. The molecule has 0 radical (unpaired) electrons. The monoisotopic (exact) mass is 395 g/mol. The van der Waals surface area contributed by atoms with E-state index in [1.54, 1.807) is 0 Å². The minimum absolute atomic E-state index is 0.935. The first-order valence-electron chi connectivity index (χ1n) is 8.04. The van der Waals surface area contributed by atoms with Gasteiger partial charge in [-0.25, -0.2) is 0 Å². The second-order valence-corrected chi connectivity index (χ2v) is 12.0. The van der Waals surface area contributed by atoms with E-state index in [4.69, 9.17) is 0 Å². The lowest BCUT2D eigenvalue weighted by Crippen LogP contribution is -2.26. The van der Waals surface area contributed by atoms with E-state index in [0.29, 0.717) is 0 Å². The SMILES string of the molecule is C=C(C)Cc1ccc([P+](Br)(c2ccccc2)c2ccccc2)cc1. The van der Waals surface area contributed by atoms with Gasteiger partial charge in [0.05, 0.1) is 0 Å². The van der Waals surface area contributed by atoms with Crippen molar-refractivity contribution in [3.05, 3.63) is 103 Å². The molecule has 0 unspecified atom stereocenters. The molecule has 3 aromatic carbocycles. The average Bonchev–Trinajstić information content (AvgIpc) is 2.63. The smallest absolute Gasteiger partial charge is 0.0998 e. The number of rotatable bonds is 5. The van der Waals surface area contributed by atoms with Crippen LogP contribution in [0, 0.1) is 0 Å². The Hall–Kier alpha value is -1.69. The van der Waals surface area contributed by atoms with E-state index < -0.39 is 5.96 Å². The maximum Gasteiger partial charge on any atom is 0.181 e. The molecule has 3 aromatic rings. The molecule has 0 aliphatic rings. The molecule has 0 heterocycles. The van der Waals surface area contributed by atoms with Crippen molar-refractivity contribution in [3.8, 4) is 0 Å². The fraction of sp³-hybridized carbons (Fsp3) is 0.0909. The van der Waals surface area contributed by atoms with E-state index in [0.717, 1.165) is 6.42 Å². The summed E-state index contributed by atoms with van der Waals surface area (Å²) in [6.45, 7) is 6.09. The molecule has 0 saturated heterocycles. The standard InChI is InChI=1S/C22H21BrP/c1-18(2)17-19-13-15-22(16-14-19)24(23,20-9-5-3-6-10-20)21-11-7-4-8-12-21/h3-16H,1,17H2,2H3/q+1. The Morgan fingerprint density at radius 3 is 1.58 bits per heavy atom. The van der Waals surface area contributed by atoms with Gasteiger partial charge in [0.1, 0.15) is 15.9 Å². The van der Waals surface area contributed by atoms with E-state index >= 15 is 0 Å². The molecule has 0 aliphatic carbocycles. The zero-order valence-electron chi connectivity index (χ0n) is 13.8. The number of halogens is 1. The van der Waals surface area contributed by atoms with Crippen LogP contribution in [0.15, 0.2) is 97.1 Å². The van der Waals surface area contributed by atoms with Gasteiger partial charge in [-0.15, -0.1) is 0 Å². The lowest BCUT2D eigenvalue weighted by atomic mass is 10.1. The van der Waals surface area contributed by atoms with E-state index in [1.807, 2.05) is 0 Å². The first-order valence-corrected chi connectivity index (χ1v) is 11.9. The summed E-state index contributed by atoms with van der Waals surface area (Å²) in [5, 5.41) is 4.01. The Balaban J connectivity index is 2.10. The molecule has 0 atom stereocenters. The van der Waals surface area contributed by atoms with Crippen molar-refractivity contribution in [2.24, 2.45) is 0 Å². The predicted octanol–water partition coefficient (Wildman–Crippen LogP) is 5.41. The quantitative estimate of drug-likeness (QED) is 0.400. The summed E-state index contributed by atoms with van der Waals surface area (Å²) in [5.41, 5.74) is 2.50. The van der Waals surface area contributed by atoms with Crippen LogP contribution in [0.25, 0.3) is 0 Å². The van der Waals surface area contributed by atoms with Crippen LogP contribution in [0.5, 0.6) is 0 Å². The summed E-state index contributed by atoms with van der Waals surface area (Å²) >= 11 is 4.18. The molecule has 0 saturated carbocycles. The summed E-state index contributed by atoms with van der Waals surface area (Å²) < 4.78 is 0. The Labute approximate surface area is 153 Å². The van der Waals surface area contributed by atoms with Crippen LogP contribution < -0.4 is 15.9 Å². The van der Waals surface area contributed by atoms with Crippen molar-refractivity contribution in [3.63, 3.8) is 0 Å². The van der Waals surface area contributed by atoms with Crippen molar-refractivity contribution in [1.82, 2.24) is 0 Å². The summed E-state index contributed by atoms with van der Waals surface area (Å²) in [6, 6.07) is 30.5. The largest absolute Gasteiger partial charge is 0.181 e. The van der Waals surface area contributed by atoms with E-state index in [9.17, 15) is 0 Å². The number of hydrogen-bond acceptors (Lipinski definition) is 0. The number of benzene rings is 3. The van der Waals surface area contributed by atoms with Crippen LogP contribution in [0.1, 0.15) is 12.5 Å². The van der Waals surface area contributed by atoms with Crippen LogP contribution in [0.3, 0.4) is 0 Å². The van der Waals surface area contributed by atoms with E-state index in [-0.39, 0.29) is 0 Å². The highest BCUT2D eigenvalue weighted by molar-refractivity contribution is 9.44. The lowest BCUT2D eigenvalue weighted by Gasteiger charge is -2.20. The third-order valence-corrected chi connectivity index (χ3v) is 10.7. The van der Waals surface area contributed by atoms with Gasteiger partial charge in [0.2, 0.25) is 0 Å². The van der Waals surface area contributed by atoms with Gasteiger partial charge in [-0.1, -0.05) is 60.7 Å². The third kappa shape index (κ3) is 3.53. The zero-order chi connectivity index (χ0) is 17.0. The Kier molecular flexibility index (Phi) is 5.33. The fourth-order valence-corrected chi connectivity index (χ4v) is 7.63. The molecule has 0 spiro atoms. The second kappa shape index (κ2) is 7.47. The summed E-state index contributed by atoms with van der Waals surface area (Å²) in [5.74, 6) is -1.79. The van der Waals surface area contributed by atoms with Crippen molar-refractivity contribution in [2.75, 3.05) is 0 Å². The average molecular weight is 396 g/mol. The van der Waals surface area contributed by atoms with Crippen molar-refractivity contribution in [1.29, 1.82) is 0 Å². The molecule has 0 bridgehead atoms. The van der Waals surface area contributed by atoms with Crippen LogP contribution in [0.2, 0.25) is 0 Å². The van der Waals surface area contributed by atoms with Gasteiger partial charge in [0, 0.05) is 0 Å². The maximum atomic E-state index is 4.18. The first-order chi connectivity index (χ1) is 11.6. The van der Waals surface area contributed by atoms with Crippen molar-refractivity contribution in [2.45, 2.75) is 13.3 Å². The highest BCUT2D eigenvalue weighted by Gasteiger charge is 2.43. The molecule has 120 valence electrons. The molecule has 0 aliphatic heterocycles. The van der Waals surface area contributed by atoms with Crippen LogP contribution in [0.4, 0.5) is 0 Å². The van der Waals surface area contributed by atoms with Gasteiger partial charge in [-0.3, -0.25) is 0 Å². The second-order valence-electron chi connectivity index (χ2n) is 6.06. The van der Waals surface area contributed by atoms with Gasteiger partial charge in [-0.05, 0) is 55.3 Å². The Morgan fingerprint density at radius 2 is 1.17 bits per heavy atom. The number of allylic oxidation sites excluding steroid dienone is 1. The molecule has 0 aromatic heterocycles. The summed E-state index contributed by atoms with van der Waals surface area (Å²) in [4.78, 5) is 0. The van der Waals surface area contributed by atoms with E-state index in [2.05, 4.69) is 114 Å². The van der Waals surface area contributed by atoms with Gasteiger partial charge in [-0.2, -0.15) is 0 Å². The predicted molar refractivity (Wildman–Crippen MR) is 113 cm³/mol. The zero-order valence-corrected chi connectivity index (χ0v) is 16.3. The van der Waals surface area contributed by atoms with Gasteiger partial charge in [0.25, 0.3) is 0 Å². The van der Waals surface area contributed by atoms with Gasteiger partial charge < -0.3 is 0 Å². The fourth-order valence-electron chi connectivity index (χ4n) is 2.88. The van der Waals surface area contributed by atoms with Crippen LogP contribution in [-0.4, -0.2) is 0 Å². The highest BCUT2D eigenvalue weighted by Crippen LogP contribution is 2.62.